The number of rotatable bonds is 8. The van der Waals surface area contributed by atoms with Crippen LogP contribution in [0.1, 0.15) is 20.8 Å². The maximum Gasteiger partial charge on any atom is 0.0271 e. The average molecular weight is 267 g/mol. The van der Waals surface area contributed by atoms with E-state index < -0.39 is 0 Å². The molecule has 3 nitrogen and oxygen atoms in total. The van der Waals surface area contributed by atoms with Crippen LogP contribution in [0.3, 0.4) is 0 Å². The van der Waals surface area contributed by atoms with E-state index in [2.05, 4.69) is 55.1 Å². The summed E-state index contributed by atoms with van der Waals surface area (Å²) in [6.45, 7) is 8.19. The van der Waals surface area contributed by atoms with E-state index in [1.165, 1.54) is 4.90 Å². The van der Waals surface area contributed by atoms with Gasteiger partial charge in [-0.3, -0.25) is 4.72 Å². The third-order valence-corrected chi connectivity index (χ3v) is 3.89. The zero-order valence-corrected chi connectivity index (χ0v) is 12.3. The highest BCUT2D eigenvalue weighted by molar-refractivity contribution is 7.97. The molecule has 1 aromatic carbocycles. The highest BCUT2D eigenvalue weighted by atomic mass is 32.2. The number of nitrogens with two attached hydrogens (primary N) is 1. The van der Waals surface area contributed by atoms with Crippen LogP contribution in [-0.4, -0.2) is 25.2 Å². The van der Waals surface area contributed by atoms with Crippen molar-refractivity contribution in [1.29, 1.82) is 0 Å². The molecule has 0 aliphatic rings. The van der Waals surface area contributed by atoms with Crippen LogP contribution in [-0.2, 0) is 0 Å². The molecule has 0 amide bonds. The fourth-order valence-electron chi connectivity index (χ4n) is 1.62. The Morgan fingerprint density at radius 1 is 1.17 bits per heavy atom. The molecule has 0 fully saturated rings. The van der Waals surface area contributed by atoms with Gasteiger partial charge in [0.25, 0.3) is 0 Å². The van der Waals surface area contributed by atoms with E-state index in [0.717, 1.165) is 6.54 Å². The summed E-state index contributed by atoms with van der Waals surface area (Å²) < 4.78 is 3.43. The third kappa shape index (κ3) is 5.87. The van der Waals surface area contributed by atoms with Gasteiger partial charge in [-0.1, -0.05) is 32.0 Å². The topological polar surface area (TPSA) is 50.1 Å². The van der Waals surface area contributed by atoms with Crippen molar-refractivity contribution in [2.75, 3.05) is 13.1 Å². The van der Waals surface area contributed by atoms with E-state index in [-0.39, 0.29) is 0 Å². The average Bonchev–Trinajstić information content (AvgIpc) is 2.38. The molecule has 4 heteroatoms. The molecule has 0 aliphatic heterocycles. The molecule has 1 aromatic rings. The van der Waals surface area contributed by atoms with Gasteiger partial charge in [0.15, 0.2) is 0 Å². The largest absolute Gasteiger partial charge is 0.329 e. The van der Waals surface area contributed by atoms with Gasteiger partial charge in [0, 0.05) is 30.1 Å². The second kappa shape index (κ2) is 8.53. The summed E-state index contributed by atoms with van der Waals surface area (Å²) in [5, 5.41) is 3.50. The number of hydrogen-bond donors (Lipinski definition) is 3. The predicted molar refractivity (Wildman–Crippen MR) is 80.6 cm³/mol. The first-order valence-electron chi connectivity index (χ1n) is 6.54. The maximum absolute atomic E-state index is 5.74. The standard InChI is InChI=1S/C14H25N3S/c1-11(2)14(9-15)16-10-12(3)17-18-13-7-5-4-6-8-13/h4-8,11-12,14,16-17H,9-10,15H2,1-3H3. The van der Waals surface area contributed by atoms with Gasteiger partial charge in [-0.25, -0.2) is 0 Å². The van der Waals surface area contributed by atoms with Crippen molar-refractivity contribution in [2.24, 2.45) is 11.7 Å². The molecule has 0 saturated carbocycles. The zero-order valence-electron chi connectivity index (χ0n) is 11.5. The Hall–Kier alpha value is -0.550. The Morgan fingerprint density at radius 2 is 1.83 bits per heavy atom. The van der Waals surface area contributed by atoms with Gasteiger partial charge in [-0.2, -0.15) is 0 Å². The van der Waals surface area contributed by atoms with Crippen molar-refractivity contribution in [3.05, 3.63) is 30.3 Å². The minimum absolute atomic E-state index is 0.399. The molecule has 1 rings (SSSR count). The highest BCUT2D eigenvalue weighted by Crippen LogP contribution is 2.13. The van der Waals surface area contributed by atoms with Crippen LogP contribution in [0.15, 0.2) is 35.2 Å². The summed E-state index contributed by atoms with van der Waals surface area (Å²) in [5.41, 5.74) is 5.74. The van der Waals surface area contributed by atoms with Crippen LogP contribution in [0.4, 0.5) is 0 Å². The summed E-state index contributed by atoms with van der Waals surface area (Å²) in [7, 11) is 0. The SMILES string of the molecule is CC(CNC(CN)C(C)C)NSc1ccccc1. The normalized spacial score (nSPS) is 14.7. The highest BCUT2D eigenvalue weighted by Gasteiger charge is 2.11. The minimum atomic E-state index is 0.399. The number of benzene rings is 1. The van der Waals surface area contributed by atoms with E-state index in [1.807, 2.05) is 6.07 Å². The molecule has 0 spiro atoms. The Morgan fingerprint density at radius 3 is 2.39 bits per heavy atom. The molecule has 0 aliphatic carbocycles. The summed E-state index contributed by atoms with van der Waals surface area (Å²) in [6, 6.07) is 11.2. The van der Waals surface area contributed by atoms with Crippen molar-refractivity contribution >= 4 is 11.9 Å². The maximum atomic E-state index is 5.74. The van der Waals surface area contributed by atoms with E-state index in [4.69, 9.17) is 5.73 Å². The lowest BCUT2D eigenvalue weighted by atomic mass is 10.0. The van der Waals surface area contributed by atoms with E-state index in [9.17, 15) is 0 Å². The molecular weight excluding hydrogens is 242 g/mol. The predicted octanol–water partition coefficient (Wildman–Crippen LogP) is 2.24. The van der Waals surface area contributed by atoms with Crippen molar-refractivity contribution in [3.63, 3.8) is 0 Å². The Labute approximate surface area is 115 Å². The third-order valence-electron chi connectivity index (χ3n) is 2.87. The first-order valence-corrected chi connectivity index (χ1v) is 7.36. The van der Waals surface area contributed by atoms with Crippen LogP contribution in [0.5, 0.6) is 0 Å². The Bertz CT molecular complexity index is 316. The fraction of sp³-hybridized carbons (Fsp3) is 0.571. The first-order chi connectivity index (χ1) is 8.63. The van der Waals surface area contributed by atoms with Gasteiger partial charge < -0.3 is 11.1 Å². The molecule has 0 bridgehead atoms. The Kier molecular flexibility index (Phi) is 7.35. The number of nitrogens with one attached hydrogen (secondary N) is 2. The van der Waals surface area contributed by atoms with Crippen LogP contribution in [0.25, 0.3) is 0 Å². The lowest BCUT2D eigenvalue weighted by Gasteiger charge is -2.23. The van der Waals surface area contributed by atoms with Gasteiger partial charge in [0.1, 0.15) is 0 Å². The zero-order chi connectivity index (χ0) is 13.4. The van der Waals surface area contributed by atoms with E-state index in [1.54, 1.807) is 11.9 Å². The minimum Gasteiger partial charge on any atom is -0.329 e. The van der Waals surface area contributed by atoms with Crippen molar-refractivity contribution in [2.45, 2.75) is 37.8 Å². The summed E-state index contributed by atoms with van der Waals surface area (Å²) in [6.07, 6.45) is 0. The van der Waals surface area contributed by atoms with E-state index in [0.29, 0.717) is 24.5 Å². The van der Waals surface area contributed by atoms with Crippen LogP contribution >= 0.6 is 11.9 Å². The molecule has 0 radical (unpaired) electrons. The van der Waals surface area contributed by atoms with Crippen molar-refractivity contribution in [3.8, 4) is 0 Å². The van der Waals surface area contributed by atoms with Crippen LogP contribution in [0, 0.1) is 5.92 Å². The van der Waals surface area contributed by atoms with Crippen molar-refractivity contribution in [1.82, 2.24) is 10.0 Å². The smallest absolute Gasteiger partial charge is 0.0271 e. The van der Waals surface area contributed by atoms with Gasteiger partial charge >= 0.3 is 0 Å². The number of hydrogen-bond acceptors (Lipinski definition) is 4. The first kappa shape index (κ1) is 15.5. The molecule has 4 N–H and O–H groups in total. The molecule has 102 valence electrons. The monoisotopic (exact) mass is 267 g/mol. The molecule has 2 unspecified atom stereocenters. The molecular formula is C14H25N3S. The lowest BCUT2D eigenvalue weighted by Crippen LogP contribution is -2.45. The van der Waals surface area contributed by atoms with Gasteiger partial charge in [0.05, 0.1) is 0 Å². The molecule has 18 heavy (non-hydrogen) atoms. The molecule has 2 atom stereocenters. The Balaban J connectivity index is 2.23. The van der Waals surface area contributed by atoms with Gasteiger partial charge in [-0.15, -0.1) is 0 Å². The summed E-state index contributed by atoms with van der Waals surface area (Å²) in [4.78, 5) is 1.24. The van der Waals surface area contributed by atoms with E-state index >= 15 is 0 Å². The quantitative estimate of drug-likeness (QED) is 0.632. The van der Waals surface area contributed by atoms with Crippen LogP contribution < -0.4 is 15.8 Å². The van der Waals surface area contributed by atoms with Crippen LogP contribution in [0.2, 0.25) is 0 Å². The molecule has 0 saturated heterocycles. The second-order valence-electron chi connectivity index (χ2n) is 4.93. The second-order valence-corrected chi connectivity index (χ2v) is 5.84. The lowest BCUT2D eigenvalue weighted by molar-refractivity contribution is 0.393. The molecule has 0 heterocycles. The molecule has 0 aromatic heterocycles. The summed E-state index contributed by atoms with van der Waals surface area (Å²) in [5.74, 6) is 0.573. The van der Waals surface area contributed by atoms with Gasteiger partial charge in [-0.05, 0) is 36.9 Å². The van der Waals surface area contributed by atoms with Gasteiger partial charge in [0.2, 0.25) is 0 Å². The van der Waals surface area contributed by atoms with Crippen molar-refractivity contribution < 1.29 is 0 Å². The fourth-order valence-corrected chi connectivity index (χ4v) is 2.33. The summed E-state index contributed by atoms with van der Waals surface area (Å²) >= 11 is 1.67.